The first-order valence-corrected chi connectivity index (χ1v) is 7.04. The molecule has 1 aromatic carbocycles. The molecule has 0 bridgehead atoms. The molecule has 0 atom stereocenters. The number of para-hydroxylation sites is 1. The van der Waals surface area contributed by atoms with E-state index in [1.807, 2.05) is 0 Å². The number of carboxylic acids is 1. The molecule has 0 aliphatic heterocycles. The Morgan fingerprint density at radius 2 is 2.24 bits per heavy atom. The van der Waals surface area contributed by atoms with Gasteiger partial charge in [0.25, 0.3) is 0 Å². The summed E-state index contributed by atoms with van der Waals surface area (Å²) in [6.45, 7) is 0. The fourth-order valence-electron chi connectivity index (χ4n) is 2.02. The summed E-state index contributed by atoms with van der Waals surface area (Å²) in [4.78, 5) is 22.7. The number of rotatable bonds is 4. The van der Waals surface area contributed by atoms with Crippen molar-refractivity contribution in [2.24, 2.45) is 7.05 Å². The van der Waals surface area contributed by atoms with Crippen LogP contribution in [0.4, 0.5) is 0 Å². The summed E-state index contributed by atoms with van der Waals surface area (Å²) in [5.74, 6) is -0.412. The lowest BCUT2D eigenvalue weighted by Gasteiger charge is -1.99. The molecule has 0 aliphatic carbocycles. The minimum absolute atomic E-state index is 0.152. The van der Waals surface area contributed by atoms with Crippen molar-refractivity contribution >= 4 is 28.7 Å². The molecule has 0 amide bonds. The Bertz CT molecular complexity index is 877. The van der Waals surface area contributed by atoms with Crippen molar-refractivity contribution in [1.82, 2.24) is 14.8 Å². The Hall–Kier alpha value is -2.48. The fourth-order valence-corrected chi connectivity index (χ4v) is 2.87. The smallest absolute Gasteiger partial charge is 0.343 e. The molecule has 0 saturated carbocycles. The Kier molecular flexibility index (Phi) is 3.30. The second-order valence-electron chi connectivity index (χ2n) is 4.36. The van der Waals surface area contributed by atoms with Gasteiger partial charge in [0, 0.05) is 12.4 Å². The third-order valence-corrected chi connectivity index (χ3v) is 4.08. The average molecular weight is 305 g/mol. The van der Waals surface area contributed by atoms with Gasteiger partial charge in [0.2, 0.25) is 0 Å². The van der Waals surface area contributed by atoms with Crippen LogP contribution in [0.1, 0.15) is 16.1 Å². The number of H-pyrrole nitrogens is 1. The molecular formula is C13H11N3O4S. The van der Waals surface area contributed by atoms with E-state index in [0.717, 1.165) is 0 Å². The van der Waals surface area contributed by atoms with Gasteiger partial charge in [-0.2, -0.15) is 0 Å². The van der Waals surface area contributed by atoms with E-state index in [4.69, 9.17) is 4.42 Å². The van der Waals surface area contributed by atoms with Gasteiger partial charge in [-0.05, 0) is 6.07 Å². The van der Waals surface area contributed by atoms with Gasteiger partial charge in [0.05, 0.1) is 5.75 Å². The average Bonchev–Trinajstić information content (AvgIpc) is 2.98. The van der Waals surface area contributed by atoms with Crippen LogP contribution in [0.15, 0.2) is 38.6 Å². The minimum Gasteiger partial charge on any atom is -0.478 e. The molecule has 0 radical (unpaired) electrons. The monoisotopic (exact) mass is 305 g/mol. The standard InChI is InChI=1S/C13H11N3O4S/c1-16-12(19)14-15-13(16)21-6-9-10(11(17)18)7-4-2-3-5-8(7)20-9/h2-5H,6H2,1H3,(H,14,19)(H,17,18). The highest BCUT2D eigenvalue weighted by molar-refractivity contribution is 7.98. The van der Waals surface area contributed by atoms with Crippen molar-refractivity contribution in [3.8, 4) is 0 Å². The molecule has 8 heteroatoms. The lowest BCUT2D eigenvalue weighted by Crippen LogP contribution is -2.12. The van der Waals surface area contributed by atoms with Crippen molar-refractivity contribution in [2.45, 2.75) is 10.9 Å². The minimum atomic E-state index is -1.04. The maximum atomic E-state index is 11.4. The number of benzene rings is 1. The summed E-state index contributed by atoms with van der Waals surface area (Å²) >= 11 is 1.23. The van der Waals surface area contributed by atoms with Gasteiger partial charge in [-0.1, -0.05) is 30.0 Å². The van der Waals surface area contributed by atoms with Crippen molar-refractivity contribution < 1.29 is 14.3 Å². The molecule has 0 spiro atoms. The van der Waals surface area contributed by atoms with Crippen LogP contribution in [0.3, 0.4) is 0 Å². The molecule has 108 valence electrons. The summed E-state index contributed by atoms with van der Waals surface area (Å²) in [5.41, 5.74) is 0.362. The number of nitrogens with zero attached hydrogens (tertiary/aromatic N) is 2. The van der Waals surface area contributed by atoms with E-state index in [1.54, 1.807) is 31.3 Å². The van der Waals surface area contributed by atoms with E-state index in [0.29, 0.717) is 21.9 Å². The van der Waals surface area contributed by atoms with E-state index < -0.39 is 5.97 Å². The molecule has 3 rings (SSSR count). The van der Waals surface area contributed by atoms with Crippen LogP contribution in [0, 0.1) is 0 Å². The summed E-state index contributed by atoms with van der Waals surface area (Å²) in [6, 6.07) is 6.98. The summed E-state index contributed by atoms with van der Waals surface area (Å²) in [7, 11) is 1.59. The maximum absolute atomic E-state index is 11.4. The highest BCUT2D eigenvalue weighted by Crippen LogP contribution is 2.30. The molecule has 2 N–H and O–H groups in total. The second-order valence-corrected chi connectivity index (χ2v) is 5.30. The highest BCUT2D eigenvalue weighted by atomic mass is 32.2. The molecular weight excluding hydrogens is 294 g/mol. The Morgan fingerprint density at radius 3 is 2.90 bits per heavy atom. The molecule has 0 fully saturated rings. The number of fused-ring (bicyclic) bond motifs is 1. The highest BCUT2D eigenvalue weighted by Gasteiger charge is 2.20. The third kappa shape index (κ3) is 2.33. The number of aromatic amines is 1. The molecule has 0 unspecified atom stereocenters. The lowest BCUT2D eigenvalue weighted by molar-refractivity contribution is 0.0697. The number of carbonyl (C=O) groups is 1. The Labute approximate surface area is 122 Å². The number of nitrogens with one attached hydrogen (secondary N) is 1. The van der Waals surface area contributed by atoms with Gasteiger partial charge in [-0.3, -0.25) is 4.57 Å². The third-order valence-electron chi connectivity index (χ3n) is 3.05. The summed E-state index contributed by atoms with van der Waals surface area (Å²) < 4.78 is 6.96. The zero-order chi connectivity index (χ0) is 15.0. The van der Waals surface area contributed by atoms with E-state index in [-0.39, 0.29) is 17.0 Å². The molecule has 3 aromatic rings. The van der Waals surface area contributed by atoms with E-state index in [2.05, 4.69) is 10.2 Å². The van der Waals surface area contributed by atoms with E-state index in [1.165, 1.54) is 16.3 Å². The van der Waals surface area contributed by atoms with Crippen LogP contribution < -0.4 is 5.69 Å². The number of aromatic nitrogens is 3. The summed E-state index contributed by atoms with van der Waals surface area (Å²) in [6.07, 6.45) is 0. The molecule has 2 aromatic heterocycles. The van der Waals surface area contributed by atoms with Crippen molar-refractivity contribution in [1.29, 1.82) is 0 Å². The van der Waals surface area contributed by atoms with E-state index >= 15 is 0 Å². The van der Waals surface area contributed by atoms with Gasteiger partial charge >= 0.3 is 11.7 Å². The second kappa shape index (κ2) is 5.13. The molecule has 2 heterocycles. The molecule has 7 nitrogen and oxygen atoms in total. The van der Waals surface area contributed by atoms with Gasteiger partial charge in [0.1, 0.15) is 16.9 Å². The zero-order valence-corrected chi connectivity index (χ0v) is 11.8. The van der Waals surface area contributed by atoms with Crippen LogP contribution in [0.2, 0.25) is 0 Å². The predicted octanol–water partition coefficient (Wildman–Crippen LogP) is 1.85. The molecule has 0 saturated heterocycles. The van der Waals surface area contributed by atoms with Crippen LogP contribution in [0.25, 0.3) is 11.0 Å². The Morgan fingerprint density at radius 1 is 1.48 bits per heavy atom. The summed E-state index contributed by atoms with van der Waals surface area (Å²) in [5, 5.41) is 16.6. The maximum Gasteiger partial charge on any atom is 0.343 e. The normalized spacial score (nSPS) is 11.1. The number of hydrogen-bond donors (Lipinski definition) is 2. The van der Waals surface area contributed by atoms with Gasteiger partial charge in [-0.25, -0.2) is 14.7 Å². The number of thioether (sulfide) groups is 1. The van der Waals surface area contributed by atoms with Gasteiger partial charge < -0.3 is 9.52 Å². The first kappa shape index (κ1) is 13.5. The number of carboxylic acid groups (broad SMARTS) is 1. The molecule has 21 heavy (non-hydrogen) atoms. The number of aromatic carboxylic acids is 1. The van der Waals surface area contributed by atoms with Crippen molar-refractivity contribution in [2.75, 3.05) is 0 Å². The zero-order valence-electron chi connectivity index (χ0n) is 11.0. The molecule has 0 aliphatic rings. The SMILES string of the molecule is Cn1c(SCc2oc3ccccc3c2C(=O)O)n[nH]c1=O. The first-order chi connectivity index (χ1) is 10.1. The predicted molar refractivity (Wildman–Crippen MR) is 76.6 cm³/mol. The van der Waals surface area contributed by atoms with Crippen LogP contribution in [0.5, 0.6) is 0 Å². The quantitative estimate of drug-likeness (QED) is 0.713. The first-order valence-electron chi connectivity index (χ1n) is 6.06. The van der Waals surface area contributed by atoms with Crippen molar-refractivity contribution in [3.05, 3.63) is 46.1 Å². The topological polar surface area (TPSA) is 101 Å². The van der Waals surface area contributed by atoms with Crippen LogP contribution in [-0.2, 0) is 12.8 Å². The fraction of sp³-hybridized carbons (Fsp3) is 0.154. The van der Waals surface area contributed by atoms with Crippen LogP contribution in [-0.4, -0.2) is 25.8 Å². The largest absolute Gasteiger partial charge is 0.478 e. The van der Waals surface area contributed by atoms with Crippen LogP contribution >= 0.6 is 11.8 Å². The van der Waals surface area contributed by atoms with Gasteiger partial charge in [-0.15, -0.1) is 5.10 Å². The van der Waals surface area contributed by atoms with E-state index in [9.17, 15) is 14.7 Å². The Balaban J connectivity index is 1.97. The lowest BCUT2D eigenvalue weighted by atomic mass is 10.1. The number of hydrogen-bond acceptors (Lipinski definition) is 5. The van der Waals surface area contributed by atoms with Crippen molar-refractivity contribution in [3.63, 3.8) is 0 Å². The number of furan rings is 1. The van der Waals surface area contributed by atoms with Gasteiger partial charge in [0.15, 0.2) is 5.16 Å².